The number of carboxylic acid groups (broad SMARTS) is 1. The topological polar surface area (TPSA) is 79.4 Å². The van der Waals surface area contributed by atoms with E-state index in [9.17, 15) is 18.4 Å². The molecule has 0 saturated heterocycles. The Bertz CT molecular complexity index is 820. The van der Waals surface area contributed by atoms with Gasteiger partial charge in [0.2, 0.25) is 0 Å². The van der Waals surface area contributed by atoms with Crippen LogP contribution in [0.5, 0.6) is 5.75 Å². The Hall–Kier alpha value is -2.22. The Labute approximate surface area is 138 Å². The van der Waals surface area contributed by atoms with Crippen molar-refractivity contribution in [1.82, 2.24) is 4.98 Å². The Balaban J connectivity index is 2.38. The fraction of sp³-hybridized carbons (Fsp3) is 0.200. The second-order valence-electron chi connectivity index (χ2n) is 4.80. The Morgan fingerprint density at radius 1 is 1.39 bits per heavy atom. The first-order valence-corrected chi connectivity index (χ1v) is 7.28. The van der Waals surface area contributed by atoms with E-state index in [4.69, 9.17) is 9.84 Å². The normalized spacial score (nSPS) is 10.6. The van der Waals surface area contributed by atoms with Crippen molar-refractivity contribution in [1.29, 1.82) is 0 Å². The molecule has 2 N–H and O–H groups in total. The number of aryl methyl sites for hydroxylation is 1. The lowest BCUT2D eigenvalue weighted by Crippen LogP contribution is -2.16. The number of H-pyrrole nitrogens is 1. The van der Waals surface area contributed by atoms with E-state index < -0.39 is 23.2 Å². The highest BCUT2D eigenvalue weighted by atomic mass is 79.9. The van der Waals surface area contributed by atoms with E-state index >= 15 is 0 Å². The van der Waals surface area contributed by atoms with Crippen molar-refractivity contribution >= 4 is 21.9 Å². The van der Waals surface area contributed by atoms with Gasteiger partial charge in [-0.2, -0.15) is 0 Å². The lowest BCUT2D eigenvalue weighted by atomic mass is 10.1. The number of hydrogen-bond donors (Lipinski definition) is 2. The van der Waals surface area contributed by atoms with E-state index in [0.717, 1.165) is 12.1 Å². The van der Waals surface area contributed by atoms with Gasteiger partial charge < -0.3 is 14.8 Å². The summed E-state index contributed by atoms with van der Waals surface area (Å²) >= 11 is 3.04. The summed E-state index contributed by atoms with van der Waals surface area (Å²) in [5.41, 5.74) is 0.199. The highest BCUT2D eigenvalue weighted by Gasteiger charge is 2.18. The number of carbonyl (C=O) groups is 1. The highest BCUT2D eigenvalue weighted by molar-refractivity contribution is 9.10. The second kappa shape index (κ2) is 6.91. The smallest absolute Gasteiger partial charge is 0.308 e. The predicted octanol–water partition coefficient (Wildman–Crippen LogP) is 2.93. The van der Waals surface area contributed by atoms with Gasteiger partial charge in [-0.25, -0.2) is 8.78 Å². The molecule has 8 heteroatoms. The van der Waals surface area contributed by atoms with Crippen molar-refractivity contribution in [2.75, 3.05) is 0 Å². The average Bonchev–Trinajstić information content (AvgIpc) is 2.45. The van der Waals surface area contributed by atoms with E-state index in [-0.39, 0.29) is 34.4 Å². The first-order valence-electron chi connectivity index (χ1n) is 6.49. The molecule has 0 aliphatic rings. The summed E-state index contributed by atoms with van der Waals surface area (Å²) in [5, 5.41) is 8.97. The zero-order valence-electron chi connectivity index (χ0n) is 12.0. The quantitative estimate of drug-likeness (QED) is 0.826. The number of halogens is 3. The monoisotopic (exact) mass is 387 g/mol. The van der Waals surface area contributed by atoms with Gasteiger partial charge in [-0.1, -0.05) is 0 Å². The van der Waals surface area contributed by atoms with Crippen LogP contribution >= 0.6 is 15.9 Å². The highest BCUT2D eigenvalue weighted by Crippen LogP contribution is 2.29. The minimum Gasteiger partial charge on any atom is -0.487 e. The summed E-state index contributed by atoms with van der Waals surface area (Å²) in [7, 11) is 0. The fourth-order valence-electron chi connectivity index (χ4n) is 2.01. The summed E-state index contributed by atoms with van der Waals surface area (Å²) in [4.78, 5) is 25.2. The molecule has 2 rings (SSSR count). The number of aromatic amines is 1. The number of aliphatic carboxylic acids is 1. The van der Waals surface area contributed by atoms with Crippen LogP contribution in [0, 0.1) is 18.6 Å². The molecule has 1 heterocycles. The molecule has 0 aliphatic carbocycles. The van der Waals surface area contributed by atoms with E-state index in [0.29, 0.717) is 5.69 Å². The number of ether oxygens (including phenoxy) is 1. The molecule has 0 aliphatic heterocycles. The van der Waals surface area contributed by atoms with Crippen molar-refractivity contribution in [2.24, 2.45) is 0 Å². The average molecular weight is 388 g/mol. The number of benzene rings is 1. The van der Waals surface area contributed by atoms with E-state index in [1.165, 1.54) is 13.0 Å². The number of hydrogen-bond acceptors (Lipinski definition) is 3. The molecule has 1 aromatic heterocycles. The number of nitrogens with one attached hydrogen (secondary N) is 1. The van der Waals surface area contributed by atoms with Crippen molar-refractivity contribution in [2.45, 2.75) is 20.0 Å². The van der Waals surface area contributed by atoms with Gasteiger partial charge in [0, 0.05) is 22.9 Å². The van der Waals surface area contributed by atoms with Gasteiger partial charge in [0.1, 0.15) is 28.5 Å². The minimum absolute atomic E-state index is 0.0156. The van der Waals surface area contributed by atoms with Gasteiger partial charge in [-0.3, -0.25) is 9.59 Å². The maximum atomic E-state index is 13.6. The molecule has 0 bridgehead atoms. The van der Waals surface area contributed by atoms with Crippen LogP contribution in [0.2, 0.25) is 0 Å². The van der Waals surface area contributed by atoms with Gasteiger partial charge in [0.05, 0.1) is 6.42 Å². The number of carboxylic acids is 1. The largest absolute Gasteiger partial charge is 0.487 e. The van der Waals surface area contributed by atoms with Crippen LogP contribution in [-0.4, -0.2) is 16.1 Å². The molecule has 0 unspecified atom stereocenters. The Kier molecular flexibility index (Phi) is 5.15. The van der Waals surface area contributed by atoms with E-state index in [1.807, 2.05) is 0 Å². The maximum Gasteiger partial charge on any atom is 0.308 e. The summed E-state index contributed by atoms with van der Waals surface area (Å²) in [6, 6.07) is 3.02. The lowest BCUT2D eigenvalue weighted by molar-refractivity contribution is -0.136. The zero-order chi connectivity index (χ0) is 17.1. The molecule has 0 fully saturated rings. The van der Waals surface area contributed by atoms with Gasteiger partial charge >= 0.3 is 5.97 Å². The molecule has 0 saturated carbocycles. The molecule has 2 aromatic rings. The molecule has 0 atom stereocenters. The molecular weight excluding hydrogens is 376 g/mol. The van der Waals surface area contributed by atoms with Crippen LogP contribution in [0.3, 0.4) is 0 Å². The molecule has 23 heavy (non-hydrogen) atoms. The number of aromatic nitrogens is 1. The molecule has 122 valence electrons. The standard InChI is InChI=1S/C15H12BrF2NO4/c1-7-10(5-12(20)21)14(13(16)15(22)19-7)23-6-8-2-3-9(17)4-11(8)18/h2-4H,5-6H2,1H3,(H,19,22)(H,20,21). The second-order valence-corrected chi connectivity index (χ2v) is 5.59. The van der Waals surface area contributed by atoms with Crippen molar-refractivity contribution in [3.05, 3.63) is 61.5 Å². The Morgan fingerprint density at radius 2 is 2.09 bits per heavy atom. The van der Waals surface area contributed by atoms with Crippen LogP contribution in [0.4, 0.5) is 8.78 Å². The van der Waals surface area contributed by atoms with Gasteiger partial charge in [-0.15, -0.1) is 0 Å². The predicted molar refractivity (Wildman–Crippen MR) is 81.5 cm³/mol. The van der Waals surface area contributed by atoms with Gasteiger partial charge in [0.15, 0.2) is 0 Å². The SMILES string of the molecule is Cc1[nH]c(=O)c(Br)c(OCc2ccc(F)cc2F)c1CC(=O)O. The van der Waals surface area contributed by atoms with Crippen molar-refractivity contribution in [3.8, 4) is 5.75 Å². The summed E-state index contributed by atoms with van der Waals surface area (Å²) < 4.78 is 32.0. The van der Waals surface area contributed by atoms with Gasteiger partial charge in [-0.05, 0) is 35.0 Å². The molecule has 0 amide bonds. The summed E-state index contributed by atoms with van der Waals surface area (Å²) in [6.07, 6.45) is -0.373. The van der Waals surface area contributed by atoms with Crippen LogP contribution in [-0.2, 0) is 17.8 Å². The third kappa shape index (κ3) is 3.95. The molecule has 5 nitrogen and oxygen atoms in total. The van der Waals surface area contributed by atoms with Crippen molar-refractivity contribution in [3.63, 3.8) is 0 Å². The van der Waals surface area contributed by atoms with Crippen molar-refractivity contribution < 1.29 is 23.4 Å². The molecule has 0 radical (unpaired) electrons. The fourth-order valence-corrected chi connectivity index (χ4v) is 2.46. The van der Waals surface area contributed by atoms with Crippen LogP contribution in [0.1, 0.15) is 16.8 Å². The number of pyridine rings is 1. The minimum atomic E-state index is -1.11. The first-order chi connectivity index (χ1) is 10.8. The molecule has 1 aromatic carbocycles. The first kappa shape index (κ1) is 17.1. The third-order valence-corrected chi connectivity index (χ3v) is 3.86. The third-order valence-electron chi connectivity index (χ3n) is 3.14. The van der Waals surface area contributed by atoms with Gasteiger partial charge in [0.25, 0.3) is 5.56 Å². The lowest BCUT2D eigenvalue weighted by Gasteiger charge is -2.14. The van der Waals surface area contributed by atoms with Crippen LogP contribution < -0.4 is 10.3 Å². The molecule has 0 spiro atoms. The van der Waals surface area contributed by atoms with E-state index in [2.05, 4.69) is 20.9 Å². The zero-order valence-corrected chi connectivity index (χ0v) is 13.5. The summed E-state index contributed by atoms with van der Waals surface area (Å²) in [6.45, 7) is 1.26. The van der Waals surface area contributed by atoms with Crippen LogP contribution in [0.15, 0.2) is 27.5 Å². The summed E-state index contributed by atoms with van der Waals surface area (Å²) in [5.74, 6) is -2.59. The molecular formula is C15H12BrF2NO4. The van der Waals surface area contributed by atoms with Crippen LogP contribution in [0.25, 0.3) is 0 Å². The Morgan fingerprint density at radius 3 is 2.70 bits per heavy atom. The maximum absolute atomic E-state index is 13.6. The van der Waals surface area contributed by atoms with E-state index in [1.54, 1.807) is 0 Å². The number of rotatable bonds is 5.